The van der Waals surface area contributed by atoms with Gasteiger partial charge in [-0.2, -0.15) is 0 Å². The number of halogens is 2. The summed E-state index contributed by atoms with van der Waals surface area (Å²) in [5, 5.41) is 3.78. The Kier molecular flexibility index (Phi) is 10.9. The molecule has 0 spiro atoms. The van der Waals surface area contributed by atoms with Crippen molar-refractivity contribution in [2.45, 2.75) is 43.8 Å². The minimum absolute atomic E-state index is 0.0189. The Balaban J connectivity index is 1.80. The van der Waals surface area contributed by atoms with E-state index in [9.17, 15) is 18.0 Å². The highest BCUT2D eigenvalue weighted by molar-refractivity contribution is 7.92. The third-order valence-corrected chi connectivity index (χ3v) is 8.95. The number of nitrogens with zero attached hydrogens (tertiary/aromatic N) is 2. The summed E-state index contributed by atoms with van der Waals surface area (Å²) in [6.45, 7) is 3.17. The summed E-state index contributed by atoms with van der Waals surface area (Å²) in [6.07, 6.45) is 0.224. The molecule has 0 fully saturated rings. The van der Waals surface area contributed by atoms with Crippen LogP contribution in [0, 0.1) is 0 Å². The second-order valence-electron chi connectivity index (χ2n) is 10.3. The molecule has 224 valence electrons. The summed E-state index contributed by atoms with van der Waals surface area (Å²) < 4.78 is 28.9. The number of nitrogens with one attached hydrogen (secondary N) is 1. The predicted octanol–water partition coefficient (Wildman–Crippen LogP) is 6.35. The highest BCUT2D eigenvalue weighted by Gasteiger charge is 2.34. The van der Waals surface area contributed by atoms with Gasteiger partial charge < -0.3 is 10.2 Å². The lowest BCUT2D eigenvalue weighted by Gasteiger charge is -2.34. The van der Waals surface area contributed by atoms with Gasteiger partial charge in [-0.25, -0.2) is 8.42 Å². The van der Waals surface area contributed by atoms with Crippen LogP contribution < -0.4 is 9.62 Å². The fourth-order valence-corrected chi connectivity index (χ4v) is 6.34. The van der Waals surface area contributed by atoms with E-state index in [-0.39, 0.29) is 35.5 Å². The maximum absolute atomic E-state index is 14.4. The highest BCUT2D eigenvalue weighted by Crippen LogP contribution is 2.27. The maximum atomic E-state index is 14.4. The molecule has 0 aliphatic carbocycles. The van der Waals surface area contributed by atoms with Gasteiger partial charge in [-0.15, -0.1) is 0 Å². The number of amides is 2. The normalized spacial score (nSPS) is 12.0. The van der Waals surface area contributed by atoms with Crippen molar-refractivity contribution in [3.8, 4) is 0 Å². The van der Waals surface area contributed by atoms with Crippen LogP contribution in [0.2, 0.25) is 10.0 Å². The van der Waals surface area contributed by atoms with Crippen LogP contribution in [0.1, 0.15) is 25.0 Å². The SMILES string of the molecule is CC(C)NC(=O)[C@H](Cc1ccccc1)N(Cc1ccc(Cl)cc1)C(=O)CN(c1cccc(Cl)c1)S(=O)(=O)c1ccccc1. The van der Waals surface area contributed by atoms with Gasteiger partial charge in [-0.3, -0.25) is 13.9 Å². The van der Waals surface area contributed by atoms with Gasteiger partial charge in [-0.05, 0) is 67.4 Å². The number of sulfonamides is 1. The molecule has 4 aromatic carbocycles. The Bertz CT molecular complexity index is 1630. The predicted molar refractivity (Wildman–Crippen MR) is 172 cm³/mol. The van der Waals surface area contributed by atoms with Crippen molar-refractivity contribution in [2.24, 2.45) is 0 Å². The van der Waals surface area contributed by atoms with E-state index in [1.165, 1.54) is 23.1 Å². The van der Waals surface area contributed by atoms with Gasteiger partial charge in [0, 0.05) is 29.1 Å². The quantitative estimate of drug-likeness (QED) is 0.196. The molecule has 0 radical (unpaired) electrons. The zero-order valence-corrected chi connectivity index (χ0v) is 26.2. The Morgan fingerprint density at radius 3 is 2.00 bits per heavy atom. The monoisotopic (exact) mass is 637 g/mol. The van der Waals surface area contributed by atoms with Crippen LogP contribution in [-0.4, -0.2) is 43.8 Å². The van der Waals surface area contributed by atoms with Crippen molar-refractivity contribution in [2.75, 3.05) is 10.8 Å². The molecule has 0 heterocycles. The summed E-state index contributed by atoms with van der Waals surface area (Å²) in [4.78, 5) is 29.5. The molecule has 0 unspecified atom stereocenters. The van der Waals surface area contributed by atoms with Gasteiger partial charge in [0.25, 0.3) is 10.0 Å². The molecule has 1 N–H and O–H groups in total. The molecule has 43 heavy (non-hydrogen) atoms. The van der Waals surface area contributed by atoms with Gasteiger partial charge in [0.15, 0.2) is 0 Å². The first-order valence-electron chi connectivity index (χ1n) is 13.8. The molecular formula is C33H33Cl2N3O4S. The van der Waals surface area contributed by atoms with E-state index in [1.807, 2.05) is 44.2 Å². The average Bonchev–Trinajstić information content (AvgIpc) is 2.99. The van der Waals surface area contributed by atoms with Crippen LogP contribution >= 0.6 is 23.2 Å². The molecular weight excluding hydrogens is 605 g/mol. The Labute approximate surface area is 263 Å². The van der Waals surface area contributed by atoms with Crippen LogP contribution in [0.3, 0.4) is 0 Å². The van der Waals surface area contributed by atoms with Gasteiger partial charge in [0.2, 0.25) is 11.8 Å². The average molecular weight is 639 g/mol. The third-order valence-electron chi connectivity index (χ3n) is 6.67. The summed E-state index contributed by atoms with van der Waals surface area (Å²) in [5.74, 6) is -0.907. The maximum Gasteiger partial charge on any atom is 0.264 e. The number of hydrogen-bond acceptors (Lipinski definition) is 4. The van der Waals surface area contributed by atoms with Crippen LogP contribution in [0.5, 0.6) is 0 Å². The van der Waals surface area contributed by atoms with Crippen LogP contribution in [-0.2, 0) is 32.6 Å². The zero-order chi connectivity index (χ0) is 31.0. The van der Waals surface area contributed by atoms with Crippen molar-refractivity contribution in [1.82, 2.24) is 10.2 Å². The molecule has 1 atom stereocenters. The highest BCUT2D eigenvalue weighted by atomic mass is 35.5. The van der Waals surface area contributed by atoms with E-state index in [0.717, 1.165) is 15.4 Å². The number of carbonyl (C=O) groups is 2. The summed E-state index contributed by atoms with van der Waals surface area (Å²) >= 11 is 12.4. The largest absolute Gasteiger partial charge is 0.352 e. The molecule has 0 bridgehead atoms. The number of carbonyl (C=O) groups excluding carboxylic acids is 2. The molecule has 0 aromatic heterocycles. The second kappa shape index (κ2) is 14.6. The number of rotatable bonds is 12. The second-order valence-corrected chi connectivity index (χ2v) is 13.1. The molecule has 10 heteroatoms. The van der Waals surface area contributed by atoms with E-state index in [0.29, 0.717) is 10.0 Å². The summed E-state index contributed by atoms with van der Waals surface area (Å²) in [7, 11) is -4.19. The van der Waals surface area contributed by atoms with Crippen LogP contribution in [0.25, 0.3) is 0 Å². The Morgan fingerprint density at radius 2 is 1.40 bits per heavy atom. The van der Waals surface area contributed by atoms with Crippen molar-refractivity contribution in [3.05, 3.63) is 130 Å². The first kappa shape index (κ1) is 32.1. The molecule has 4 rings (SSSR count). The Hall–Kier alpha value is -3.85. The number of anilines is 1. The molecule has 0 saturated carbocycles. The lowest BCUT2D eigenvalue weighted by molar-refractivity contribution is -0.140. The molecule has 0 saturated heterocycles. The third kappa shape index (κ3) is 8.60. The van der Waals surface area contributed by atoms with Crippen molar-refractivity contribution in [3.63, 3.8) is 0 Å². The fraction of sp³-hybridized carbons (Fsp3) is 0.212. The summed E-state index contributed by atoms with van der Waals surface area (Å²) in [5.41, 5.74) is 1.81. The number of hydrogen-bond donors (Lipinski definition) is 1. The van der Waals surface area contributed by atoms with E-state index in [2.05, 4.69) is 5.32 Å². The molecule has 0 aliphatic heterocycles. The first-order valence-corrected chi connectivity index (χ1v) is 16.0. The minimum Gasteiger partial charge on any atom is -0.352 e. The lowest BCUT2D eigenvalue weighted by Crippen LogP contribution is -2.54. The molecule has 4 aromatic rings. The molecule has 2 amide bonds. The molecule has 0 aliphatic rings. The van der Waals surface area contributed by atoms with Gasteiger partial charge in [-0.1, -0.05) is 89.9 Å². The van der Waals surface area contributed by atoms with Crippen LogP contribution in [0.4, 0.5) is 5.69 Å². The Morgan fingerprint density at radius 1 is 0.767 bits per heavy atom. The van der Waals surface area contributed by atoms with Gasteiger partial charge in [0.05, 0.1) is 10.6 Å². The van der Waals surface area contributed by atoms with Crippen molar-refractivity contribution in [1.29, 1.82) is 0 Å². The van der Waals surface area contributed by atoms with Gasteiger partial charge in [0.1, 0.15) is 12.6 Å². The smallest absolute Gasteiger partial charge is 0.264 e. The van der Waals surface area contributed by atoms with Crippen molar-refractivity contribution < 1.29 is 18.0 Å². The summed E-state index contributed by atoms with van der Waals surface area (Å²) in [6, 6.07) is 29.4. The van der Waals surface area contributed by atoms with E-state index in [4.69, 9.17) is 23.2 Å². The standard InChI is InChI=1S/C33H33Cl2N3O4S/c1-24(2)36-33(40)31(20-25-10-5-3-6-11-25)37(22-26-16-18-27(34)19-17-26)32(39)23-38(29-13-9-12-28(35)21-29)43(41,42)30-14-7-4-8-15-30/h3-19,21,24,31H,20,22-23H2,1-2H3,(H,36,40)/t31-/m0/s1. The van der Waals surface area contributed by atoms with E-state index >= 15 is 0 Å². The minimum atomic E-state index is -4.19. The van der Waals surface area contributed by atoms with E-state index in [1.54, 1.807) is 60.7 Å². The first-order chi connectivity index (χ1) is 20.5. The molecule has 7 nitrogen and oxygen atoms in total. The van der Waals surface area contributed by atoms with Crippen LogP contribution in [0.15, 0.2) is 114 Å². The van der Waals surface area contributed by atoms with Gasteiger partial charge >= 0.3 is 0 Å². The lowest BCUT2D eigenvalue weighted by atomic mass is 10.0. The number of benzene rings is 4. The zero-order valence-electron chi connectivity index (χ0n) is 23.9. The fourth-order valence-electron chi connectivity index (χ4n) is 4.60. The topological polar surface area (TPSA) is 86.8 Å². The van der Waals surface area contributed by atoms with E-state index < -0.39 is 28.5 Å². The van der Waals surface area contributed by atoms with Crippen molar-refractivity contribution >= 4 is 50.7 Å².